The number of carbonyl (C=O) groups is 1. The van der Waals surface area contributed by atoms with Gasteiger partial charge in [0.25, 0.3) is 5.91 Å². The van der Waals surface area contributed by atoms with E-state index in [0.717, 1.165) is 42.1 Å². The number of methoxy groups -OCH3 is 1. The number of ether oxygens (including phenoxy) is 1. The molecule has 0 aliphatic heterocycles. The summed E-state index contributed by atoms with van der Waals surface area (Å²) >= 11 is 0. The molecule has 0 saturated heterocycles. The molecule has 170 valence electrons. The van der Waals surface area contributed by atoms with Crippen molar-refractivity contribution in [2.75, 3.05) is 46.7 Å². The van der Waals surface area contributed by atoms with E-state index in [-0.39, 0.29) is 5.91 Å². The first-order valence-electron chi connectivity index (χ1n) is 10.8. The Morgan fingerprint density at radius 2 is 1.73 bits per heavy atom. The van der Waals surface area contributed by atoms with Crippen molar-refractivity contribution in [1.29, 1.82) is 5.26 Å². The molecule has 0 aromatic heterocycles. The lowest BCUT2D eigenvalue weighted by atomic mass is 10.0. The number of amides is 1. The molecule has 1 N–H and O–H groups in total. The lowest BCUT2D eigenvalue weighted by molar-refractivity contribution is 0.102. The summed E-state index contributed by atoms with van der Waals surface area (Å²) in [5.41, 5.74) is 4.76. The number of hydrogen-bond acceptors (Lipinski definition) is 5. The van der Waals surface area contributed by atoms with E-state index in [2.05, 4.69) is 48.4 Å². The van der Waals surface area contributed by atoms with Crippen molar-refractivity contribution in [2.24, 2.45) is 0 Å². The molecule has 1 amide bonds. The predicted molar refractivity (Wildman–Crippen MR) is 132 cm³/mol. The van der Waals surface area contributed by atoms with Gasteiger partial charge >= 0.3 is 0 Å². The second-order valence-electron chi connectivity index (χ2n) is 8.30. The first-order chi connectivity index (χ1) is 15.9. The highest BCUT2D eigenvalue weighted by atomic mass is 16.5. The van der Waals surface area contributed by atoms with Gasteiger partial charge in [0, 0.05) is 36.4 Å². The van der Waals surface area contributed by atoms with Gasteiger partial charge in [-0.05, 0) is 74.7 Å². The van der Waals surface area contributed by atoms with Crippen molar-refractivity contribution < 1.29 is 9.53 Å². The molecule has 0 atom stereocenters. The number of likely N-dealkylation sites (N-methyl/N-ethyl adjacent to an activating group) is 2. The van der Waals surface area contributed by atoms with Crippen LogP contribution in [0.4, 0.5) is 5.69 Å². The number of hydrogen-bond donors (Lipinski definition) is 1. The van der Waals surface area contributed by atoms with E-state index in [1.807, 2.05) is 36.4 Å². The highest BCUT2D eigenvalue weighted by molar-refractivity contribution is 6.04. The van der Waals surface area contributed by atoms with E-state index in [4.69, 9.17) is 10.00 Å². The number of nitrogens with one attached hydrogen (secondary N) is 1. The molecule has 3 rings (SSSR count). The Bertz CT molecular complexity index is 1150. The fourth-order valence-corrected chi connectivity index (χ4v) is 3.53. The third-order valence-corrected chi connectivity index (χ3v) is 5.36. The molecule has 6 nitrogen and oxygen atoms in total. The zero-order valence-corrected chi connectivity index (χ0v) is 19.6. The summed E-state index contributed by atoms with van der Waals surface area (Å²) in [6.45, 7) is 2.71. The van der Waals surface area contributed by atoms with Gasteiger partial charge in [0.05, 0.1) is 18.7 Å². The molecule has 0 unspecified atom stereocenters. The Morgan fingerprint density at radius 3 is 2.45 bits per heavy atom. The van der Waals surface area contributed by atoms with E-state index in [9.17, 15) is 4.79 Å². The summed E-state index contributed by atoms with van der Waals surface area (Å²) in [6, 6.07) is 22.6. The molecule has 0 radical (unpaired) electrons. The maximum atomic E-state index is 12.7. The first kappa shape index (κ1) is 24.0. The molecule has 33 heavy (non-hydrogen) atoms. The van der Waals surface area contributed by atoms with Crippen LogP contribution in [-0.4, -0.2) is 57.0 Å². The van der Waals surface area contributed by atoms with Gasteiger partial charge in [0.1, 0.15) is 5.75 Å². The van der Waals surface area contributed by atoms with E-state index in [0.29, 0.717) is 16.8 Å². The first-order valence-corrected chi connectivity index (χ1v) is 10.8. The second kappa shape index (κ2) is 11.3. The zero-order chi connectivity index (χ0) is 23.8. The second-order valence-corrected chi connectivity index (χ2v) is 8.30. The molecule has 3 aromatic carbocycles. The van der Waals surface area contributed by atoms with Crippen LogP contribution in [0.15, 0.2) is 66.7 Å². The molecular weight excluding hydrogens is 412 g/mol. The molecule has 0 spiro atoms. The quantitative estimate of drug-likeness (QED) is 0.529. The normalized spacial score (nSPS) is 10.8. The molecule has 0 aliphatic rings. The Labute approximate surface area is 196 Å². The summed E-state index contributed by atoms with van der Waals surface area (Å²) in [6.07, 6.45) is 0. The van der Waals surface area contributed by atoms with Gasteiger partial charge in [-0.1, -0.05) is 24.3 Å². The maximum absolute atomic E-state index is 12.7. The van der Waals surface area contributed by atoms with Crippen molar-refractivity contribution in [3.8, 4) is 22.9 Å². The molecule has 0 heterocycles. The number of carbonyl (C=O) groups excluding carboxylic acids is 1. The Kier molecular flexibility index (Phi) is 8.20. The van der Waals surface area contributed by atoms with Crippen molar-refractivity contribution in [3.63, 3.8) is 0 Å². The fourth-order valence-electron chi connectivity index (χ4n) is 3.53. The van der Waals surface area contributed by atoms with Gasteiger partial charge in [0.2, 0.25) is 0 Å². The average molecular weight is 443 g/mol. The van der Waals surface area contributed by atoms with E-state index in [1.165, 1.54) is 0 Å². The topological polar surface area (TPSA) is 68.6 Å². The van der Waals surface area contributed by atoms with Crippen LogP contribution < -0.4 is 10.1 Å². The SMILES string of the molecule is COc1ccc(-c2cccc(NC(=O)c3cccc(C#N)c3)c2)cc1CN(C)CCN(C)C. The third-order valence-electron chi connectivity index (χ3n) is 5.36. The number of nitriles is 1. The molecule has 0 aliphatic carbocycles. The van der Waals surface area contributed by atoms with Crippen LogP contribution in [0.3, 0.4) is 0 Å². The summed E-state index contributed by atoms with van der Waals surface area (Å²) < 4.78 is 5.59. The average Bonchev–Trinajstić information content (AvgIpc) is 2.83. The van der Waals surface area contributed by atoms with Gasteiger partial charge < -0.3 is 19.9 Å². The molecule has 0 fully saturated rings. The Hall–Kier alpha value is -3.66. The van der Waals surface area contributed by atoms with Gasteiger partial charge in [0.15, 0.2) is 0 Å². The van der Waals surface area contributed by atoms with Crippen LogP contribution in [0.25, 0.3) is 11.1 Å². The largest absolute Gasteiger partial charge is 0.496 e. The predicted octanol–water partition coefficient (Wildman–Crippen LogP) is 4.48. The minimum atomic E-state index is -0.248. The van der Waals surface area contributed by atoms with Crippen LogP contribution in [0, 0.1) is 11.3 Å². The monoisotopic (exact) mass is 442 g/mol. The number of nitrogens with zero attached hydrogens (tertiary/aromatic N) is 3. The van der Waals surface area contributed by atoms with Crippen LogP contribution in [0.1, 0.15) is 21.5 Å². The molecule has 3 aromatic rings. The summed E-state index contributed by atoms with van der Waals surface area (Å²) in [7, 11) is 7.94. The Balaban J connectivity index is 1.80. The number of benzene rings is 3. The zero-order valence-electron chi connectivity index (χ0n) is 19.6. The van der Waals surface area contributed by atoms with E-state index < -0.39 is 0 Å². The van der Waals surface area contributed by atoms with E-state index >= 15 is 0 Å². The maximum Gasteiger partial charge on any atom is 0.255 e. The third kappa shape index (κ3) is 6.66. The number of anilines is 1. The van der Waals surface area contributed by atoms with Crippen molar-refractivity contribution >= 4 is 11.6 Å². The van der Waals surface area contributed by atoms with E-state index in [1.54, 1.807) is 31.4 Å². The fraction of sp³-hybridized carbons (Fsp3) is 0.259. The highest BCUT2D eigenvalue weighted by Crippen LogP contribution is 2.29. The lowest BCUT2D eigenvalue weighted by Gasteiger charge is -2.21. The molecule has 6 heteroatoms. The van der Waals surface area contributed by atoms with Crippen molar-refractivity contribution in [1.82, 2.24) is 9.80 Å². The van der Waals surface area contributed by atoms with Crippen molar-refractivity contribution in [2.45, 2.75) is 6.54 Å². The molecule has 0 saturated carbocycles. The van der Waals surface area contributed by atoms with Crippen molar-refractivity contribution in [3.05, 3.63) is 83.4 Å². The van der Waals surface area contributed by atoms with Crippen LogP contribution >= 0.6 is 0 Å². The van der Waals surface area contributed by atoms with Gasteiger partial charge in [-0.2, -0.15) is 5.26 Å². The molecule has 0 bridgehead atoms. The van der Waals surface area contributed by atoms with Crippen LogP contribution in [0.5, 0.6) is 5.75 Å². The summed E-state index contributed by atoms with van der Waals surface area (Å²) in [4.78, 5) is 17.1. The number of rotatable bonds is 9. The van der Waals surface area contributed by atoms with Gasteiger partial charge in [-0.15, -0.1) is 0 Å². The van der Waals surface area contributed by atoms with Crippen LogP contribution in [-0.2, 0) is 6.54 Å². The standard InChI is InChI=1S/C27H30N4O2/c1-30(2)13-14-31(3)19-24-16-22(11-12-26(24)33-4)21-8-6-10-25(17-21)29-27(32)23-9-5-7-20(15-23)18-28/h5-12,15-17H,13-14,19H2,1-4H3,(H,29,32). The smallest absolute Gasteiger partial charge is 0.255 e. The minimum Gasteiger partial charge on any atom is -0.496 e. The molecular formula is C27H30N4O2. The highest BCUT2D eigenvalue weighted by Gasteiger charge is 2.11. The van der Waals surface area contributed by atoms with Crippen LogP contribution in [0.2, 0.25) is 0 Å². The Morgan fingerprint density at radius 1 is 0.970 bits per heavy atom. The van der Waals surface area contributed by atoms with Gasteiger partial charge in [-0.25, -0.2) is 0 Å². The summed E-state index contributed by atoms with van der Waals surface area (Å²) in [5.74, 6) is 0.611. The lowest BCUT2D eigenvalue weighted by Crippen LogP contribution is -2.28. The minimum absolute atomic E-state index is 0.248. The van der Waals surface area contributed by atoms with Gasteiger partial charge in [-0.3, -0.25) is 4.79 Å². The summed E-state index contributed by atoms with van der Waals surface area (Å²) in [5, 5.41) is 12.0.